The monoisotopic (exact) mass is 222 g/mol. The Hall–Kier alpha value is -1.19. The maximum Gasteiger partial charge on any atom is 0.162 e. The van der Waals surface area contributed by atoms with Gasteiger partial charge < -0.3 is 9.84 Å². The van der Waals surface area contributed by atoms with Crippen molar-refractivity contribution in [2.24, 2.45) is 0 Å². The van der Waals surface area contributed by atoms with E-state index in [1.54, 1.807) is 0 Å². The van der Waals surface area contributed by atoms with Crippen LogP contribution in [0.5, 0.6) is 0 Å². The second kappa shape index (κ2) is 7.14. The largest absolute Gasteiger partial charge is 0.394 e. The number of Topliss-reactive ketones (excluding diaryl/α,β-unsaturated/α-hetero) is 1. The van der Waals surface area contributed by atoms with Gasteiger partial charge in [0.15, 0.2) is 5.78 Å². The molecule has 0 saturated carbocycles. The number of aliphatic hydroxyl groups is 1. The van der Waals surface area contributed by atoms with E-state index in [4.69, 9.17) is 9.84 Å². The summed E-state index contributed by atoms with van der Waals surface area (Å²) in [6.07, 6.45) is 1.18. The highest BCUT2D eigenvalue weighted by Gasteiger charge is 2.08. The van der Waals surface area contributed by atoms with Crippen molar-refractivity contribution in [1.29, 1.82) is 0 Å². The predicted molar refractivity (Wildman–Crippen MR) is 62.5 cm³/mol. The number of hydrogen-bond acceptors (Lipinski definition) is 3. The van der Waals surface area contributed by atoms with Crippen molar-refractivity contribution in [1.82, 2.24) is 0 Å². The lowest BCUT2D eigenvalue weighted by Crippen LogP contribution is -2.13. The van der Waals surface area contributed by atoms with Crippen LogP contribution >= 0.6 is 0 Å². The van der Waals surface area contributed by atoms with Crippen LogP contribution in [0, 0.1) is 0 Å². The molecule has 0 saturated heterocycles. The molecule has 1 atom stereocenters. The van der Waals surface area contributed by atoms with Gasteiger partial charge in [-0.3, -0.25) is 4.79 Å². The maximum atomic E-state index is 11.7. The zero-order valence-corrected chi connectivity index (χ0v) is 9.56. The van der Waals surface area contributed by atoms with Crippen LogP contribution in [0.3, 0.4) is 0 Å². The summed E-state index contributed by atoms with van der Waals surface area (Å²) in [6.45, 7) is 2.27. The normalized spacial score (nSPS) is 12.4. The molecule has 16 heavy (non-hydrogen) atoms. The molecule has 1 unspecified atom stereocenters. The Bertz CT molecular complexity index is 308. The van der Waals surface area contributed by atoms with E-state index in [0.29, 0.717) is 19.4 Å². The van der Waals surface area contributed by atoms with E-state index in [-0.39, 0.29) is 18.5 Å². The summed E-state index contributed by atoms with van der Waals surface area (Å²) >= 11 is 0. The highest BCUT2D eigenvalue weighted by atomic mass is 16.5. The van der Waals surface area contributed by atoms with Gasteiger partial charge in [0.2, 0.25) is 0 Å². The summed E-state index contributed by atoms with van der Waals surface area (Å²) in [4.78, 5) is 11.7. The third-order valence-corrected chi connectivity index (χ3v) is 2.37. The van der Waals surface area contributed by atoms with Crippen molar-refractivity contribution in [2.75, 3.05) is 13.2 Å². The third-order valence-electron chi connectivity index (χ3n) is 2.37. The van der Waals surface area contributed by atoms with Crippen LogP contribution in [0.1, 0.15) is 30.1 Å². The van der Waals surface area contributed by atoms with Crippen LogP contribution in [0.15, 0.2) is 30.3 Å². The number of carbonyl (C=O) groups is 1. The molecule has 0 aromatic heterocycles. The van der Waals surface area contributed by atoms with E-state index in [1.807, 2.05) is 37.3 Å². The van der Waals surface area contributed by atoms with Crippen LogP contribution in [0.25, 0.3) is 0 Å². The van der Waals surface area contributed by atoms with Crippen LogP contribution in [-0.4, -0.2) is 30.2 Å². The lowest BCUT2D eigenvalue weighted by molar-refractivity contribution is 0.0334. The van der Waals surface area contributed by atoms with Gasteiger partial charge in [-0.1, -0.05) is 30.3 Å². The number of aliphatic hydroxyl groups excluding tert-OH is 1. The quantitative estimate of drug-likeness (QED) is 0.718. The first kappa shape index (κ1) is 12.9. The number of ketones is 1. The second-order valence-electron chi connectivity index (χ2n) is 3.73. The smallest absolute Gasteiger partial charge is 0.162 e. The number of carbonyl (C=O) groups excluding carboxylic acids is 1. The second-order valence-corrected chi connectivity index (χ2v) is 3.73. The summed E-state index contributed by atoms with van der Waals surface area (Å²) in [5.41, 5.74) is 0.747. The molecular weight excluding hydrogens is 204 g/mol. The molecule has 0 aliphatic heterocycles. The zero-order valence-electron chi connectivity index (χ0n) is 9.56. The average molecular weight is 222 g/mol. The summed E-state index contributed by atoms with van der Waals surface area (Å²) in [7, 11) is 0. The number of rotatable bonds is 7. The first-order chi connectivity index (χ1) is 7.74. The Morgan fingerprint density at radius 3 is 2.69 bits per heavy atom. The molecule has 0 spiro atoms. The lowest BCUT2D eigenvalue weighted by atomic mass is 10.1. The summed E-state index contributed by atoms with van der Waals surface area (Å²) < 4.78 is 5.28. The highest BCUT2D eigenvalue weighted by Crippen LogP contribution is 2.08. The van der Waals surface area contributed by atoms with E-state index in [9.17, 15) is 4.79 Å². The minimum atomic E-state index is 0.0137. The highest BCUT2D eigenvalue weighted by molar-refractivity contribution is 5.95. The Kier molecular flexibility index (Phi) is 5.75. The van der Waals surface area contributed by atoms with Crippen molar-refractivity contribution in [3.8, 4) is 0 Å². The molecule has 0 bridgehead atoms. The minimum absolute atomic E-state index is 0.0137. The van der Waals surface area contributed by atoms with E-state index >= 15 is 0 Å². The molecule has 0 aliphatic carbocycles. The van der Waals surface area contributed by atoms with Gasteiger partial charge >= 0.3 is 0 Å². The van der Waals surface area contributed by atoms with Crippen LogP contribution in [0.4, 0.5) is 0 Å². The summed E-state index contributed by atoms with van der Waals surface area (Å²) in [5, 5.41) is 8.58. The Morgan fingerprint density at radius 1 is 1.38 bits per heavy atom. The number of hydrogen-bond donors (Lipinski definition) is 1. The number of benzene rings is 1. The molecule has 1 N–H and O–H groups in total. The maximum absolute atomic E-state index is 11.7. The molecule has 0 amide bonds. The van der Waals surface area contributed by atoms with Crippen molar-refractivity contribution < 1.29 is 14.6 Å². The molecule has 0 heterocycles. The predicted octanol–water partition coefficient (Wildman–Crippen LogP) is 2.05. The fourth-order valence-electron chi connectivity index (χ4n) is 1.44. The molecule has 3 heteroatoms. The molecule has 1 rings (SSSR count). The molecule has 0 aliphatic rings. The first-order valence-electron chi connectivity index (χ1n) is 5.54. The third kappa shape index (κ3) is 4.55. The standard InChI is InChI=1S/C13H18O3/c1-11(16-10-9-14)7-8-13(15)12-5-3-2-4-6-12/h2-6,11,14H,7-10H2,1H3. The van der Waals surface area contributed by atoms with Crippen molar-refractivity contribution >= 4 is 5.78 Å². The van der Waals surface area contributed by atoms with Gasteiger partial charge in [-0.2, -0.15) is 0 Å². The molecule has 3 nitrogen and oxygen atoms in total. The SMILES string of the molecule is CC(CCC(=O)c1ccccc1)OCCO. The van der Waals surface area contributed by atoms with Crippen LogP contribution < -0.4 is 0 Å². The molecule has 1 aromatic carbocycles. The topological polar surface area (TPSA) is 46.5 Å². The molecule has 88 valence electrons. The Morgan fingerprint density at radius 2 is 2.06 bits per heavy atom. The summed E-state index contributed by atoms with van der Waals surface area (Å²) in [5.74, 6) is 0.139. The Labute approximate surface area is 96.1 Å². The number of ether oxygens (including phenoxy) is 1. The van der Waals surface area contributed by atoms with E-state index in [1.165, 1.54) is 0 Å². The van der Waals surface area contributed by atoms with Crippen molar-refractivity contribution in [3.05, 3.63) is 35.9 Å². The van der Waals surface area contributed by atoms with Gasteiger partial charge in [-0.05, 0) is 13.3 Å². The van der Waals surface area contributed by atoms with Gasteiger partial charge in [-0.25, -0.2) is 0 Å². The zero-order chi connectivity index (χ0) is 11.8. The molecular formula is C13H18O3. The van der Waals surface area contributed by atoms with Crippen molar-refractivity contribution in [2.45, 2.75) is 25.9 Å². The molecule has 0 fully saturated rings. The minimum Gasteiger partial charge on any atom is -0.394 e. The van der Waals surface area contributed by atoms with E-state index < -0.39 is 0 Å². The van der Waals surface area contributed by atoms with Crippen LogP contribution in [0.2, 0.25) is 0 Å². The van der Waals surface area contributed by atoms with E-state index in [0.717, 1.165) is 5.56 Å². The van der Waals surface area contributed by atoms with Gasteiger partial charge in [0.25, 0.3) is 0 Å². The Balaban J connectivity index is 2.30. The molecule has 0 radical (unpaired) electrons. The van der Waals surface area contributed by atoms with Gasteiger partial charge in [0, 0.05) is 12.0 Å². The summed E-state index contributed by atoms with van der Waals surface area (Å²) in [6, 6.07) is 9.25. The van der Waals surface area contributed by atoms with Gasteiger partial charge in [0.1, 0.15) is 0 Å². The fourth-order valence-corrected chi connectivity index (χ4v) is 1.44. The molecule has 1 aromatic rings. The lowest BCUT2D eigenvalue weighted by Gasteiger charge is -2.11. The van der Waals surface area contributed by atoms with Crippen molar-refractivity contribution in [3.63, 3.8) is 0 Å². The fraction of sp³-hybridized carbons (Fsp3) is 0.462. The van der Waals surface area contributed by atoms with Gasteiger partial charge in [-0.15, -0.1) is 0 Å². The average Bonchev–Trinajstić information content (AvgIpc) is 2.34. The van der Waals surface area contributed by atoms with Gasteiger partial charge in [0.05, 0.1) is 19.3 Å². The van der Waals surface area contributed by atoms with E-state index in [2.05, 4.69) is 0 Å². The first-order valence-corrected chi connectivity index (χ1v) is 5.54. The van der Waals surface area contributed by atoms with Crippen LogP contribution in [-0.2, 0) is 4.74 Å².